The largest absolute Gasteiger partial charge is 0.493 e. The fraction of sp³-hybridized carbons (Fsp3) is 0.278. The molecule has 0 aliphatic carbocycles. The van der Waals surface area contributed by atoms with Gasteiger partial charge in [0, 0.05) is 12.1 Å². The number of hydrogen-bond acceptors (Lipinski definition) is 4. The van der Waals surface area contributed by atoms with E-state index >= 15 is 0 Å². The molecular formula is C18H20N2O3. The molecule has 0 unspecified atom stereocenters. The molecule has 1 heterocycles. The summed E-state index contributed by atoms with van der Waals surface area (Å²) in [5.74, 6) is 2.92. The third kappa shape index (κ3) is 2.95. The van der Waals surface area contributed by atoms with Crippen LogP contribution in [0.2, 0.25) is 0 Å². The van der Waals surface area contributed by atoms with Crippen molar-refractivity contribution in [3.63, 3.8) is 0 Å². The molecule has 1 aromatic heterocycles. The summed E-state index contributed by atoms with van der Waals surface area (Å²) in [6, 6.07) is 11.6. The third-order valence-electron chi connectivity index (χ3n) is 3.59. The van der Waals surface area contributed by atoms with E-state index in [4.69, 9.17) is 14.2 Å². The minimum absolute atomic E-state index is 0.661. The lowest BCUT2D eigenvalue weighted by Crippen LogP contribution is -1.97. The molecule has 120 valence electrons. The van der Waals surface area contributed by atoms with Gasteiger partial charge in [-0.15, -0.1) is 0 Å². The highest BCUT2D eigenvalue weighted by Gasteiger charge is 2.13. The predicted octanol–water partition coefficient (Wildman–Crippen LogP) is 4.04. The van der Waals surface area contributed by atoms with Crippen LogP contribution in [-0.4, -0.2) is 30.8 Å². The first kappa shape index (κ1) is 15.2. The van der Waals surface area contributed by atoms with Gasteiger partial charge in [-0.25, -0.2) is 4.98 Å². The van der Waals surface area contributed by atoms with Crippen LogP contribution in [0.4, 0.5) is 0 Å². The molecule has 0 atom stereocenters. The van der Waals surface area contributed by atoms with Crippen molar-refractivity contribution < 1.29 is 14.2 Å². The van der Waals surface area contributed by atoms with Crippen molar-refractivity contribution in [2.24, 2.45) is 0 Å². The van der Waals surface area contributed by atoms with Gasteiger partial charge in [0.25, 0.3) is 0 Å². The number of para-hydroxylation sites is 1. The van der Waals surface area contributed by atoms with Crippen LogP contribution in [-0.2, 0) is 0 Å². The number of aromatic amines is 1. The maximum absolute atomic E-state index is 5.82. The second kappa shape index (κ2) is 6.60. The fourth-order valence-electron chi connectivity index (χ4n) is 2.46. The lowest BCUT2D eigenvalue weighted by Gasteiger charge is -2.08. The average molecular weight is 312 g/mol. The third-order valence-corrected chi connectivity index (χ3v) is 3.59. The molecule has 0 fully saturated rings. The Morgan fingerprint density at radius 1 is 1.00 bits per heavy atom. The number of nitrogens with zero attached hydrogens (tertiary/aromatic N) is 1. The zero-order valence-electron chi connectivity index (χ0n) is 13.6. The van der Waals surface area contributed by atoms with E-state index in [9.17, 15) is 0 Å². The quantitative estimate of drug-likeness (QED) is 0.746. The van der Waals surface area contributed by atoms with Crippen molar-refractivity contribution in [2.75, 3.05) is 20.8 Å². The van der Waals surface area contributed by atoms with Gasteiger partial charge in [-0.3, -0.25) is 0 Å². The lowest BCUT2D eigenvalue weighted by atomic mass is 10.2. The normalized spacial score (nSPS) is 10.7. The summed E-state index contributed by atoms with van der Waals surface area (Å²) in [6.45, 7) is 2.77. The molecule has 1 N–H and O–H groups in total. The second-order valence-corrected chi connectivity index (χ2v) is 5.15. The number of aromatic nitrogens is 2. The van der Waals surface area contributed by atoms with Gasteiger partial charge < -0.3 is 19.2 Å². The van der Waals surface area contributed by atoms with Crippen LogP contribution in [0.15, 0.2) is 36.4 Å². The summed E-state index contributed by atoms with van der Waals surface area (Å²) >= 11 is 0. The number of nitrogens with one attached hydrogen (secondary N) is 1. The summed E-state index contributed by atoms with van der Waals surface area (Å²) in [5.41, 5.74) is 2.65. The zero-order valence-corrected chi connectivity index (χ0v) is 13.6. The molecule has 5 heteroatoms. The average Bonchev–Trinajstić information content (AvgIpc) is 3.01. The van der Waals surface area contributed by atoms with E-state index in [0.717, 1.165) is 34.6 Å². The van der Waals surface area contributed by atoms with Crippen molar-refractivity contribution in [1.82, 2.24) is 9.97 Å². The topological polar surface area (TPSA) is 56.4 Å². The Morgan fingerprint density at radius 2 is 1.74 bits per heavy atom. The second-order valence-electron chi connectivity index (χ2n) is 5.15. The summed E-state index contributed by atoms with van der Waals surface area (Å²) in [6.07, 6.45) is 0.961. The van der Waals surface area contributed by atoms with Crippen molar-refractivity contribution in [1.29, 1.82) is 0 Å². The van der Waals surface area contributed by atoms with Crippen molar-refractivity contribution in [3.05, 3.63) is 36.4 Å². The number of fused-ring (bicyclic) bond motifs is 1. The Bertz CT molecular complexity index is 770. The van der Waals surface area contributed by atoms with E-state index in [1.165, 1.54) is 0 Å². The smallest absolute Gasteiger partial charge is 0.163 e. The predicted molar refractivity (Wildman–Crippen MR) is 90.4 cm³/mol. The van der Waals surface area contributed by atoms with Gasteiger partial charge in [0.2, 0.25) is 0 Å². The van der Waals surface area contributed by atoms with Crippen LogP contribution < -0.4 is 14.2 Å². The summed E-state index contributed by atoms with van der Waals surface area (Å²) in [7, 11) is 3.24. The lowest BCUT2D eigenvalue weighted by molar-refractivity contribution is 0.318. The molecule has 0 aliphatic heterocycles. The molecule has 23 heavy (non-hydrogen) atoms. The molecule has 0 aliphatic rings. The van der Waals surface area contributed by atoms with Crippen molar-refractivity contribution >= 4 is 11.0 Å². The Morgan fingerprint density at radius 3 is 2.48 bits per heavy atom. The Kier molecular flexibility index (Phi) is 4.37. The Labute approximate surface area is 135 Å². The maximum Gasteiger partial charge on any atom is 0.163 e. The van der Waals surface area contributed by atoms with Crippen LogP contribution in [0.25, 0.3) is 22.4 Å². The highest BCUT2D eigenvalue weighted by molar-refractivity contribution is 5.84. The van der Waals surface area contributed by atoms with E-state index < -0.39 is 0 Å². The molecule has 0 saturated carbocycles. The number of methoxy groups -OCH3 is 2. The van der Waals surface area contributed by atoms with Gasteiger partial charge >= 0.3 is 0 Å². The molecule has 3 aromatic rings. The van der Waals surface area contributed by atoms with Crippen LogP contribution in [0.5, 0.6) is 17.2 Å². The molecule has 3 rings (SSSR count). The summed E-state index contributed by atoms with van der Waals surface area (Å²) < 4.78 is 16.5. The molecule has 0 spiro atoms. The van der Waals surface area contributed by atoms with E-state index in [1.54, 1.807) is 14.2 Å². The van der Waals surface area contributed by atoms with Crippen LogP contribution in [0.1, 0.15) is 13.3 Å². The standard InChI is InChI=1S/C18H20N2O3/c1-4-9-23-15-8-6-5-7-12(15)18-19-13-10-16(21-2)17(22-3)11-14(13)20-18/h5-8,10-11H,4,9H2,1-3H3,(H,19,20). The van der Waals surface area contributed by atoms with Gasteiger partial charge in [0.05, 0.1) is 37.4 Å². The summed E-state index contributed by atoms with van der Waals surface area (Å²) in [5, 5.41) is 0. The van der Waals surface area contributed by atoms with Gasteiger partial charge in [-0.1, -0.05) is 19.1 Å². The summed E-state index contributed by atoms with van der Waals surface area (Å²) in [4.78, 5) is 7.99. The molecule has 0 radical (unpaired) electrons. The molecular weight excluding hydrogens is 292 g/mol. The van der Waals surface area contributed by atoms with E-state index in [0.29, 0.717) is 18.1 Å². The monoisotopic (exact) mass is 312 g/mol. The minimum atomic E-state index is 0.661. The van der Waals surface area contributed by atoms with E-state index in [1.807, 2.05) is 36.4 Å². The van der Waals surface area contributed by atoms with Crippen molar-refractivity contribution in [3.8, 4) is 28.6 Å². The molecule has 2 aromatic carbocycles. The SMILES string of the molecule is CCCOc1ccccc1-c1nc2cc(OC)c(OC)cc2[nH]1. The number of benzene rings is 2. The number of imidazole rings is 1. The first-order valence-corrected chi connectivity index (χ1v) is 7.60. The first-order valence-electron chi connectivity index (χ1n) is 7.60. The number of ether oxygens (including phenoxy) is 3. The number of H-pyrrole nitrogens is 1. The maximum atomic E-state index is 5.82. The fourth-order valence-corrected chi connectivity index (χ4v) is 2.46. The van der Waals surface area contributed by atoms with Crippen LogP contribution in [0.3, 0.4) is 0 Å². The van der Waals surface area contributed by atoms with E-state index in [2.05, 4.69) is 16.9 Å². The van der Waals surface area contributed by atoms with Gasteiger partial charge in [-0.05, 0) is 18.6 Å². The van der Waals surface area contributed by atoms with Crippen LogP contribution >= 0.6 is 0 Å². The molecule has 5 nitrogen and oxygen atoms in total. The molecule has 0 bridgehead atoms. The highest BCUT2D eigenvalue weighted by atomic mass is 16.5. The first-order chi connectivity index (χ1) is 11.3. The number of hydrogen-bond donors (Lipinski definition) is 1. The van der Waals surface area contributed by atoms with Gasteiger partial charge in [0.1, 0.15) is 11.6 Å². The molecule has 0 saturated heterocycles. The molecule has 0 amide bonds. The Hall–Kier alpha value is -2.69. The number of rotatable bonds is 6. The highest BCUT2D eigenvalue weighted by Crippen LogP contribution is 2.34. The van der Waals surface area contributed by atoms with Gasteiger partial charge in [-0.2, -0.15) is 0 Å². The van der Waals surface area contributed by atoms with E-state index in [-0.39, 0.29) is 0 Å². The zero-order chi connectivity index (χ0) is 16.2. The minimum Gasteiger partial charge on any atom is -0.493 e. The van der Waals surface area contributed by atoms with Crippen molar-refractivity contribution in [2.45, 2.75) is 13.3 Å². The van der Waals surface area contributed by atoms with Gasteiger partial charge in [0.15, 0.2) is 11.5 Å². The Balaban J connectivity index is 2.07. The van der Waals surface area contributed by atoms with Crippen LogP contribution in [0, 0.1) is 0 Å².